The number of rotatable bonds is 5. The summed E-state index contributed by atoms with van der Waals surface area (Å²) in [5.41, 5.74) is 5.20. The van der Waals surface area contributed by atoms with Crippen molar-refractivity contribution in [3.05, 3.63) is 65.0 Å². The smallest absolute Gasteiger partial charge is 0.227 e. The summed E-state index contributed by atoms with van der Waals surface area (Å²) in [5, 5.41) is 6.89. The Morgan fingerprint density at radius 1 is 1.08 bits per heavy atom. The largest absolute Gasteiger partial charge is 0.339 e. The SMILES string of the molecule is Cc1cccc(-c2noc(CCC(=O)Nc3ccc(C)c(C)c3)n2)c1. The van der Waals surface area contributed by atoms with Crippen LogP contribution in [0.15, 0.2) is 47.0 Å². The highest BCUT2D eigenvalue weighted by molar-refractivity contribution is 5.90. The van der Waals surface area contributed by atoms with E-state index < -0.39 is 0 Å². The summed E-state index contributed by atoms with van der Waals surface area (Å²) in [4.78, 5) is 16.5. The van der Waals surface area contributed by atoms with Gasteiger partial charge in [0, 0.05) is 24.1 Å². The molecular formula is C20H21N3O2. The highest BCUT2D eigenvalue weighted by atomic mass is 16.5. The average molecular weight is 335 g/mol. The van der Waals surface area contributed by atoms with E-state index in [0.29, 0.717) is 24.6 Å². The summed E-state index contributed by atoms with van der Waals surface area (Å²) in [5.74, 6) is 0.943. The molecule has 5 heteroatoms. The first-order valence-corrected chi connectivity index (χ1v) is 8.28. The first-order chi connectivity index (χ1) is 12.0. The molecule has 0 bridgehead atoms. The number of nitrogens with zero attached hydrogens (tertiary/aromatic N) is 2. The van der Waals surface area contributed by atoms with Crippen molar-refractivity contribution in [3.63, 3.8) is 0 Å². The number of amides is 1. The van der Waals surface area contributed by atoms with Crippen LogP contribution < -0.4 is 5.32 Å². The van der Waals surface area contributed by atoms with Crippen LogP contribution in [0.5, 0.6) is 0 Å². The van der Waals surface area contributed by atoms with Crippen molar-refractivity contribution in [3.8, 4) is 11.4 Å². The highest BCUT2D eigenvalue weighted by Gasteiger charge is 2.11. The van der Waals surface area contributed by atoms with Gasteiger partial charge in [0.05, 0.1) is 0 Å². The molecule has 5 nitrogen and oxygen atoms in total. The summed E-state index contributed by atoms with van der Waals surface area (Å²) < 4.78 is 5.25. The van der Waals surface area contributed by atoms with Crippen LogP contribution in [0.25, 0.3) is 11.4 Å². The summed E-state index contributed by atoms with van der Waals surface area (Å²) in [6, 6.07) is 13.8. The Morgan fingerprint density at radius 3 is 2.68 bits per heavy atom. The standard InChI is InChI=1S/C20H21N3O2/c1-13-5-4-6-16(11-13)20-22-19(25-23-20)10-9-18(24)21-17-8-7-14(2)15(3)12-17/h4-8,11-12H,9-10H2,1-3H3,(H,21,24). The Bertz CT molecular complexity index is 899. The first kappa shape index (κ1) is 16.9. The molecule has 0 atom stereocenters. The van der Waals surface area contributed by atoms with Crippen LogP contribution in [0.3, 0.4) is 0 Å². The fraction of sp³-hybridized carbons (Fsp3) is 0.250. The Labute approximate surface area is 147 Å². The number of nitrogens with one attached hydrogen (secondary N) is 1. The molecule has 1 heterocycles. The minimum absolute atomic E-state index is 0.0708. The number of carbonyl (C=O) groups is 1. The minimum Gasteiger partial charge on any atom is -0.339 e. The van der Waals surface area contributed by atoms with Gasteiger partial charge in [-0.05, 0) is 50.1 Å². The lowest BCUT2D eigenvalue weighted by atomic mass is 10.1. The topological polar surface area (TPSA) is 68.0 Å². The van der Waals surface area contributed by atoms with Crippen LogP contribution in [0, 0.1) is 20.8 Å². The van der Waals surface area contributed by atoms with Gasteiger partial charge < -0.3 is 9.84 Å². The Morgan fingerprint density at radius 2 is 1.92 bits per heavy atom. The molecule has 0 spiro atoms. The zero-order chi connectivity index (χ0) is 17.8. The molecule has 0 saturated carbocycles. The van der Waals surface area contributed by atoms with Gasteiger partial charge in [-0.15, -0.1) is 0 Å². The van der Waals surface area contributed by atoms with Crippen molar-refractivity contribution >= 4 is 11.6 Å². The van der Waals surface area contributed by atoms with E-state index in [1.807, 2.05) is 63.2 Å². The summed E-state index contributed by atoms with van der Waals surface area (Å²) >= 11 is 0. The van der Waals surface area contributed by atoms with Gasteiger partial charge in [0.2, 0.25) is 17.6 Å². The number of benzene rings is 2. The molecule has 1 aromatic heterocycles. The van der Waals surface area contributed by atoms with Gasteiger partial charge in [0.25, 0.3) is 0 Å². The second-order valence-corrected chi connectivity index (χ2v) is 6.23. The first-order valence-electron chi connectivity index (χ1n) is 8.28. The molecule has 0 saturated heterocycles. The molecule has 128 valence electrons. The lowest BCUT2D eigenvalue weighted by Crippen LogP contribution is -2.12. The molecule has 0 aliphatic rings. The number of aromatic nitrogens is 2. The van der Waals surface area contributed by atoms with Gasteiger partial charge in [-0.2, -0.15) is 4.98 Å². The maximum Gasteiger partial charge on any atom is 0.227 e. The van der Waals surface area contributed by atoms with Crippen LogP contribution in [0.4, 0.5) is 5.69 Å². The molecule has 3 rings (SSSR count). The Kier molecular flexibility index (Phi) is 4.93. The van der Waals surface area contributed by atoms with Crippen molar-refractivity contribution in [1.29, 1.82) is 0 Å². The van der Waals surface area contributed by atoms with Crippen LogP contribution in [-0.2, 0) is 11.2 Å². The fourth-order valence-electron chi connectivity index (χ4n) is 2.52. The van der Waals surface area contributed by atoms with Gasteiger partial charge in [-0.1, -0.05) is 35.0 Å². The third kappa shape index (κ3) is 4.32. The Balaban J connectivity index is 1.58. The molecule has 2 aromatic carbocycles. The fourth-order valence-corrected chi connectivity index (χ4v) is 2.52. The normalized spacial score (nSPS) is 10.7. The van der Waals surface area contributed by atoms with Gasteiger partial charge in [-0.25, -0.2) is 0 Å². The third-order valence-corrected chi connectivity index (χ3v) is 4.10. The minimum atomic E-state index is -0.0708. The van der Waals surface area contributed by atoms with E-state index in [-0.39, 0.29) is 5.91 Å². The predicted molar refractivity (Wildman–Crippen MR) is 97.3 cm³/mol. The summed E-state index contributed by atoms with van der Waals surface area (Å²) in [6.45, 7) is 6.08. The molecule has 25 heavy (non-hydrogen) atoms. The van der Waals surface area contributed by atoms with Crippen LogP contribution in [0.1, 0.15) is 29.0 Å². The Hall–Kier alpha value is -2.95. The molecule has 0 radical (unpaired) electrons. The van der Waals surface area contributed by atoms with Gasteiger partial charge in [-0.3, -0.25) is 4.79 Å². The molecule has 1 N–H and O–H groups in total. The van der Waals surface area contributed by atoms with Crippen molar-refractivity contribution in [2.75, 3.05) is 5.32 Å². The van der Waals surface area contributed by atoms with E-state index in [1.54, 1.807) is 0 Å². The molecule has 0 unspecified atom stereocenters. The third-order valence-electron chi connectivity index (χ3n) is 4.10. The molecule has 3 aromatic rings. The van der Waals surface area contributed by atoms with Gasteiger partial charge in [0.1, 0.15) is 0 Å². The maximum atomic E-state index is 12.1. The summed E-state index contributed by atoms with van der Waals surface area (Å²) in [6.07, 6.45) is 0.706. The second-order valence-electron chi connectivity index (χ2n) is 6.23. The molecule has 1 amide bonds. The quantitative estimate of drug-likeness (QED) is 0.757. The number of hydrogen-bond acceptors (Lipinski definition) is 4. The monoisotopic (exact) mass is 335 g/mol. The van der Waals surface area contributed by atoms with E-state index >= 15 is 0 Å². The van der Waals surface area contributed by atoms with E-state index in [9.17, 15) is 4.79 Å². The van der Waals surface area contributed by atoms with Crippen LogP contribution in [-0.4, -0.2) is 16.0 Å². The molecule has 0 aliphatic carbocycles. The van der Waals surface area contributed by atoms with E-state index in [0.717, 1.165) is 22.4 Å². The van der Waals surface area contributed by atoms with Crippen LogP contribution >= 0.6 is 0 Å². The average Bonchev–Trinajstić information content (AvgIpc) is 3.05. The molecule has 0 fully saturated rings. The van der Waals surface area contributed by atoms with E-state index in [2.05, 4.69) is 15.5 Å². The predicted octanol–water partition coefficient (Wildman–Crippen LogP) is 4.23. The second kappa shape index (κ2) is 7.30. The lowest BCUT2D eigenvalue weighted by Gasteiger charge is -2.06. The maximum absolute atomic E-state index is 12.1. The zero-order valence-electron chi connectivity index (χ0n) is 14.7. The summed E-state index contributed by atoms with van der Waals surface area (Å²) in [7, 11) is 0. The number of carbonyl (C=O) groups excluding carboxylic acids is 1. The number of aryl methyl sites for hydroxylation is 4. The molecular weight excluding hydrogens is 314 g/mol. The number of anilines is 1. The highest BCUT2D eigenvalue weighted by Crippen LogP contribution is 2.18. The van der Waals surface area contributed by atoms with Crippen molar-refractivity contribution < 1.29 is 9.32 Å². The van der Waals surface area contributed by atoms with E-state index in [1.165, 1.54) is 5.56 Å². The van der Waals surface area contributed by atoms with Crippen molar-refractivity contribution in [2.24, 2.45) is 0 Å². The van der Waals surface area contributed by atoms with E-state index in [4.69, 9.17) is 4.52 Å². The number of hydrogen-bond donors (Lipinski definition) is 1. The van der Waals surface area contributed by atoms with Gasteiger partial charge in [0.15, 0.2) is 0 Å². The van der Waals surface area contributed by atoms with Crippen LogP contribution in [0.2, 0.25) is 0 Å². The zero-order valence-corrected chi connectivity index (χ0v) is 14.7. The van der Waals surface area contributed by atoms with Crippen molar-refractivity contribution in [1.82, 2.24) is 10.1 Å². The molecule has 0 aliphatic heterocycles. The van der Waals surface area contributed by atoms with Crippen molar-refractivity contribution in [2.45, 2.75) is 33.6 Å². The van der Waals surface area contributed by atoms with Gasteiger partial charge >= 0.3 is 0 Å². The lowest BCUT2D eigenvalue weighted by molar-refractivity contribution is -0.116.